The van der Waals surface area contributed by atoms with Crippen molar-refractivity contribution in [1.82, 2.24) is 10.2 Å². The molecule has 0 bridgehead atoms. The highest BCUT2D eigenvalue weighted by Crippen LogP contribution is 2.36. The maximum atomic E-state index is 14.0. The van der Waals surface area contributed by atoms with Crippen LogP contribution in [0.2, 0.25) is 25.1 Å². The number of likely N-dealkylation sites (N-methyl/N-ethyl adjacent to an activating group) is 1. The minimum atomic E-state index is -4.05. The summed E-state index contributed by atoms with van der Waals surface area (Å²) in [5, 5.41) is 3.28. The van der Waals surface area contributed by atoms with Crippen LogP contribution in [-0.2, 0) is 32.6 Å². The van der Waals surface area contributed by atoms with E-state index in [0.29, 0.717) is 5.56 Å². The zero-order valence-corrected chi connectivity index (χ0v) is 25.4. The average Bonchev–Trinajstić information content (AvgIpc) is 2.88. The maximum absolute atomic E-state index is 14.0. The molecular formula is C26H24Cl5N3O4S. The summed E-state index contributed by atoms with van der Waals surface area (Å²) in [4.78, 5) is 28.4. The molecule has 0 radical (unpaired) electrons. The lowest BCUT2D eigenvalue weighted by atomic mass is 10.0. The van der Waals surface area contributed by atoms with Gasteiger partial charge in [-0.05, 0) is 29.8 Å². The largest absolute Gasteiger partial charge is 0.357 e. The topological polar surface area (TPSA) is 86.8 Å². The molecule has 0 spiro atoms. The fraction of sp³-hybridized carbons (Fsp3) is 0.231. The van der Waals surface area contributed by atoms with Gasteiger partial charge in [0, 0.05) is 35.6 Å². The van der Waals surface area contributed by atoms with Gasteiger partial charge in [-0.15, -0.1) is 0 Å². The molecule has 7 nitrogen and oxygen atoms in total. The van der Waals surface area contributed by atoms with Crippen LogP contribution in [0.4, 0.5) is 5.69 Å². The Morgan fingerprint density at radius 1 is 0.846 bits per heavy atom. The highest BCUT2D eigenvalue weighted by molar-refractivity contribution is 7.92. The Labute approximate surface area is 252 Å². The van der Waals surface area contributed by atoms with Gasteiger partial charge in [-0.25, -0.2) is 8.42 Å². The molecule has 1 atom stereocenters. The summed E-state index contributed by atoms with van der Waals surface area (Å²) in [5.74, 6) is -1.17. The Bertz CT molecular complexity index is 1450. The molecule has 0 heterocycles. The molecule has 0 fully saturated rings. The van der Waals surface area contributed by atoms with E-state index in [9.17, 15) is 18.0 Å². The molecule has 0 aromatic heterocycles. The molecular weight excluding hydrogens is 628 g/mol. The molecule has 0 aliphatic rings. The van der Waals surface area contributed by atoms with Gasteiger partial charge >= 0.3 is 0 Å². The van der Waals surface area contributed by atoms with E-state index >= 15 is 0 Å². The van der Waals surface area contributed by atoms with Crippen LogP contribution in [0.5, 0.6) is 0 Å². The standard InChI is InChI=1S/C26H24Cl5N3O4S/c1-32-26(36)24(11-16-7-4-3-5-8-16)33(14-17-18(27)9-6-10-19(17)28)25(35)15-34(39(2,37)38)23-13-21(30)20(29)12-22(23)31/h3-10,12-13,24H,11,14-15H2,1-2H3,(H,32,36)/t24-/m0/s1. The Balaban J connectivity index is 2.11. The van der Waals surface area contributed by atoms with Crippen LogP contribution < -0.4 is 9.62 Å². The zero-order valence-electron chi connectivity index (χ0n) is 20.8. The maximum Gasteiger partial charge on any atom is 0.244 e. The van der Waals surface area contributed by atoms with Crippen LogP contribution >= 0.6 is 58.0 Å². The fourth-order valence-electron chi connectivity index (χ4n) is 3.87. The van der Waals surface area contributed by atoms with Gasteiger partial charge in [0.15, 0.2) is 0 Å². The van der Waals surface area contributed by atoms with Crippen molar-refractivity contribution >= 4 is 85.5 Å². The second kappa shape index (κ2) is 13.4. The van der Waals surface area contributed by atoms with Crippen molar-refractivity contribution in [1.29, 1.82) is 0 Å². The number of nitrogens with zero attached hydrogens (tertiary/aromatic N) is 2. The third-order valence-electron chi connectivity index (χ3n) is 5.85. The van der Waals surface area contributed by atoms with E-state index in [1.807, 2.05) is 30.3 Å². The third-order valence-corrected chi connectivity index (χ3v) is 8.70. The minimum absolute atomic E-state index is 0.0320. The van der Waals surface area contributed by atoms with Crippen molar-refractivity contribution in [3.05, 3.63) is 96.9 Å². The lowest BCUT2D eigenvalue weighted by Gasteiger charge is -2.33. The van der Waals surface area contributed by atoms with Crippen molar-refractivity contribution in [2.45, 2.75) is 19.0 Å². The molecule has 13 heteroatoms. The molecule has 3 aromatic carbocycles. The number of amides is 2. The molecule has 39 heavy (non-hydrogen) atoms. The Morgan fingerprint density at radius 2 is 1.44 bits per heavy atom. The van der Waals surface area contributed by atoms with Crippen LogP contribution in [0, 0.1) is 0 Å². The molecule has 1 N–H and O–H groups in total. The number of nitrogens with one attached hydrogen (secondary N) is 1. The minimum Gasteiger partial charge on any atom is -0.357 e. The summed E-state index contributed by atoms with van der Waals surface area (Å²) < 4.78 is 26.5. The summed E-state index contributed by atoms with van der Waals surface area (Å²) in [7, 11) is -2.60. The highest BCUT2D eigenvalue weighted by atomic mass is 35.5. The van der Waals surface area contributed by atoms with E-state index < -0.39 is 34.4 Å². The first-order valence-electron chi connectivity index (χ1n) is 11.4. The predicted octanol–water partition coefficient (Wildman–Crippen LogP) is 6.11. The van der Waals surface area contributed by atoms with Crippen LogP contribution in [0.25, 0.3) is 0 Å². The van der Waals surface area contributed by atoms with E-state index in [4.69, 9.17) is 58.0 Å². The SMILES string of the molecule is CNC(=O)[C@H](Cc1ccccc1)N(Cc1c(Cl)cccc1Cl)C(=O)CN(c1cc(Cl)c(Cl)cc1Cl)S(C)(=O)=O. The summed E-state index contributed by atoms with van der Waals surface area (Å²) in [6.45, 7) is -0.865. The predicted molar refractivity (Wildman–Crippen MR) is 159 cm³/mol. The number of halogens is 5. The van der Waals surface area contributed by atoms with Crippen LogP contribution in [0.3, 0.4) is 0 Å². The smallest absolute Gasteiger partial charge is 0.244 e. The Hall–Kier alpha value is -2.20. The number of sulfonamides is 1. The molecule has 2 amide bonds. The van der Waals surface area contributed by atoms with Gasteiger partial charge in [0.05, 0.1) is 27.0 Å². The lowest BCUT2D eigenvalue weighted by molar-refractivity contribution is -0.139. The molecule has 3 aromatic rings. The van der Waals surface area contributed by atoms with Crippen molar-refractivity contribution < 1.29 is 18.0 Å². The normalized spacial score (nSPS) is 12.1. The van der Waals surface area contributed by atoms with Crippen molar-refractivity contribution in [3.8, 4) is 0 Å². The van der Waals surface area contributed by atoms with Gasteiger partial charge in [-0.3, -0.25) is 13.9 Å². The second-order valence-corrected chi connectivity index (χ2v) is 12.5. The number of hydrogen-bond acceptors (Lipinski definition) is 4. The van der Waals surface area contributed by atoms with Crippen molar-refractivity contribution in [2.24, 2.45) is 0 Å². The quantitative estimate of drug-likeness (QED) is 0.268. The Morgan fingerprint density at radius 3 is 2.00 bits per heavy atom. The van der Waals surface area contributed by atoms with E-state index in [1.165, 1.54) is 24.1 Å². The number of carbonyl (C=O) groups is 2. The third kappa shape index (κ3) is 7.93. The summed E-state index contributed by atoms with van der Waals surface area (Å²) >= 11 is 31.3. The van der Waals surface area contributed by atoms with Gasteiger partial charge in [-0.1, -0.05) is 94.4 Å². The molecule has 0 aliphatic carbocycles. The zero-order chi connectivity index (χ0) is 28.9. The number of anilines is 1. The van der Waals surface area contributed by atoms with E-state index in [1.54, 1.807) is 18.2 Å². The molecule has 0 unspecified atom stereocenters. The number of carbonyl (C=O) groups excluding carboxylic acids is 2. The summed E-state index contributed by atoms with van der Waals surface area (Å²) in [6.07, 6.45) is 1.06. The van der Waals surface area contributed by atoms with Gasteiger partial charge < -0.3 is 10.2 Å². The van der Waals surface area contributed by atoms with Gasteiger partial charge in [0.25, 0.3) is 0 Å². The van der Waals surface area contributed by atoms with Crippen LogP contribution in [0.1, 0.15) is 11.1 Å². The average molecular weight is 652 g/mol. The van der Waals surface area contributed by atoms with Crippen molar-refractivity contribution in [2.75, 3.05) is 24.2 Å². The fourth-order valence-corrected chi connectivity index (χ4v) is 5.94. The number of benzene rings is 3. The Kier molecular flexibility index (Phi) is 10.8. The van der Waals surface area contributed by atoms with E-state index in [-0.39, 0.29) is 43.8 Å². The van der Waals surface area contributed by atoms with E-state index in [2.05, 4.69) is 5.32 Å². The van der Waals surface area contributed by atoms with Crippen LogP contribution in [0.15, 0.2) is 60.7 Å². The van der Waals surface area contributed by atoms with Gasteiger partial charge in [-0.2, -0.15) is 0 Å². The monoisotopic (exact) mass is 649 g/mol. The second-order valence-electron chi connectivity index (χ2n) is 8.53. The molecule has 0 saturated carbocycles. The molecule has 0 saturated heterocycles. The van der Waals surface area contributed by atoms with Gasteiger partial charge in [0.2, 0.25) is 21.8 Å². The number of rotatable bonds is 10. The number of hydrogen-bond donors (Lipinski definition) is 1. The highest BCUT2D eigenvalue weighted by Gasteiger charge is 2.34. The molecule has 0 aliphatic heterocycles. The summed E-state index contributed by atoms with van der Waals surface area (Å²) in [5.41, 5.74) is 1.13. The first-order chi connectivity index (χ1) is 18.3. The lowest BCUT2D eigenvalue weighted by Crippen LogP contribution is -2.53. The van der Waals surface area contributed by atoms with Crippen LogP contribution in [-0.4, -0.2) is 51.0 Å². The van der Waals surface area contributed by atoms with E-state index in [0.717, 1.165) is 16.1 Å². The molecule has 3 rings (SSSR count). The first-order valence-corrected chi connectivity index (χ1v) is 15.2. The van der Waals surface area contributed by atoms with Crippen molar-refractivity contribution in [3.63, 3.8) is 0 Å². The molecule has 208 valence electrons. The summed E-state index contributed by atoms with van der Waals surface area (Å²) in [6, 6.07) is 15.5. The first kappa shape index (κ1) is 31.3. The van der Waals surface area contributed by atoms with Gasteiger partial charge in [0.1, 0.15) is 12.6 Å².